The van der Waals surface area contributed by atoms with E-state index in [1.54, 1.807) is 15.9 Å². The standard InChI is InChI=1S/C16H18FN3O3/c1-10-7-11(17)8-13-12(10)9-14(18-13)15(21)19-3-5-20(6-4-19)16(22)23-2/h7-9,18H,3-6H2,1-2H3. The van der Waals surface area contributed by atoms with E-state index in [4.69, 9.17) is 0 Å². The summed E-state index contributed by atoms with van der Waals surface area (Å²) in [5.41, 5.74) is 1.82. The number of ether oxygens (including phenoxy) is 1. The summed E-state index contributed by atoms with van der Waals surface area (Å²) in [6.07, 6.45) is -0.381. The van der Waals surface area contributed by atoms with Crippen molar-refractivity contribution in [2.75, 3.05) is 33.3 Å². The van der Waals surface area contributed by atoms with E-state index < -0.39 is 0 Å². The van der Waals surface area contributed by atoms with Gasteiger partial charge in [-0.2, -0.15) is 0 Å². The second-order valence-electron chi connectivity index (χ2n) is 5.62. The summed E-state index contributed by atoms with van der Waals surface area (Å²) in [6.45, 7) is 3.56. The monoisotopic (exact) mass is 319 g/mol. The van der Waals surface area contributed by atoms with Crippen LogP contribution in [-0.2, 0) is 4.74 Å². The highest BCUT2D eigenvalue weighted by atomic mass is 19.1. The average molecular weight is 319 g/mol. The third-order valence-electron chi connectivity index (χ3n) is 4.14. The molecule has 0 unspecified atom stereocenters. The van der Waals surface area contributed by atoms with Crippen LogP contribution in [0.1, 0.15) is 16.1 Å². The van der Waals surface area contributed by atoms with Crippen molar-refractivity contribution in [2.45, 2.75) is 6.92 Å². The fourth-order valence-electron chi connectivity index (χ4n) is 2.88. The van der Waals surface area contributed by atoms with Crippen LogP contribution >= 0.6 is 0 Å². The van der Waals surface area contributed by atoms with E-state index in [0.717, 1.165) is 10.9 Å². The summed E-state index contributed by atoms with van der Waals surface area (Å²) in [4.78, 5) is 30.3. The SMILES string of the molecule is COC(=O)N1CCN(C(=O)c2cc3c(C)cc(F)cc3[nH]2)CC1. The van der Waals surface area contributed by atoms with Gasteiger partial charge in [-0.05, 0) is 30.7 Å². The number of fused-ring (bicyclic) bond motifs is 1. The number of nitrogens with one attached hydrogen (secondary N) is 1. The number of rotatable bonds is 1. The second-order valence-corrected chi connectivity index (χ2v) is 5.62. The number of amides is 2. The van der Waals surface area contributed by atoms with Gasteiger partial charge < -0.3 is 19.5 Å². The number of aromatic amines is 1. The highest BCUT2D eigenvalue weighted by Crippen LogP contribution is 2.22. The number of methoxy groups -OCH3 is 1. The number of aryl methyl sites for hydroxylation is 1. The number of aromatic nitrogens is 1. The van der Waals surface area contributed by atoms with Crippen LogP contribution in [0.2, 0.25) is 0 Å². The third-order valence-corrected chi connectivity index (χ3v) is 4.14. The van der Waals surface area contributed by atoms with E-state index in [9.17, 15) is 14.0 Å². The highest BCUT2D eigenvalue weighted by Gasteiger charge is 2.26. The maximum absolute atomic E-state index is 13.5. The van der Waals surface area contributed by atoms with Crippen LogP contribution in [0.5, 0.6) is 0 Å². The van der Waals surface area contributed by atoms with E-state index in [0.29, 0.717) is 37.4 Å². The van der Waals surface area contributed by atoms with Crippen LogP contribution in [0, 0.1) is 12.7 Å². The molecular weight excluding hydrogens is 301 g/mol. The van der Waals surface area contributed by atoms with Crippen molar-refractivity contribution >= 4 is 22.9 Å². The van der Waals surface area contributed by atoms with Gasteiger partial charge in [-0.1, -0.05) is 0 Å². The normalized spacial score (nSPS) is 15.1. The van der Waals surface area contributed by atoms with E-state index in [1.165, 1.54) is 19.2 Å². The number of nitrogens with zero attached hydrogens (tertiary/aromatic N) is 2. The zero-order chi connectivity index (χ0) is 16.6. The molecule has 1 fully saturated rings. The second kappa shape index (κ2) is 5.91. The van der Waals surface area contributed by atoms with Crippen LogP contribution in [0.15, 0.2) is 18.2 Å². The number of H-pyrrole nitrogens is 1. The van der Waals surface area contributed by atoms with Crippen molar-refractivity contribution < 1.29 is 18.7 Å². The van der Waals surface area contributed by atoms with Crippen molar-refractivity contribution in [3.8, 4) is 0 Å². The number of piperazine rings is 1. The summed E-state index contributed by atoms with van der Waals surface area (Å²) in [7, 11) is 1.34. The Labute approximate surface area is 132 Å². The quantitative estimate of drug-likeness (QED) is 0.876. The Morgan fingerprint density at radius 1 is 1.13 bits per heavy atom. The van der Waals surface area contributed by atoms with Gasteiger partial charge >= 0.3 is 6.09 Å². The number of carbonyl (C=O) groups is 2. The maximum Gasteiger partial charge on any atom is 0.409 e. The van der Waals surface area contributed by atoms with Gasteiger partial charge in [0, 0.05) is 37.1 Å². The molecule has 0 aliphatic carbocycles. The van der Waals surface area contributed by atoms with Crippen LogP contribution in [0.4, 0.5) is 9.18 Å². The van der Waals surface area contributed by atoms with E-state index in [2.05, 4.69) is 9.72 Å². The topological polar surface area (TPSA) is 65.6 Å². The Bertz CT molecular complexity index is 763. The summed E-state index contributed by atoms with van der Waals surface area (Å²) < 4.78 is 18.1. The lowest BCUT2D eigenvalue weighted by molar-refractivity contribution is 0.0595. The van der Waals surface area contributed by atoms with Gasteiger partial charge in [0.1, 0.15) is 11.5 Å². The number of carbonyl (C=O) groups excluding carboxylic acids is 2. The molecule has 122 valence electrons. The molecule has 1 aliphatic heterocycles. The fraction of sp³-hybridized carbons (Fsp3) is 0.375. The van der Waals surface area contributed by atoms with Crippen LogP contribution in [0.3, 0.4) is 0 Å². The number of benzene rings is 1. The lowest BCUT2D eigenvalue weighted by Gasteiger charge is -2.33. The number of hydrogen-bond acceptors (Lipinski definition) is 3. The first-order valence-corrected chi connectivity index (χ1v) is 7.40. The molecule has 0 spiro atoms. The minimum Gasteiger partial charge on any atom is -0.453 e. The van der Waals surface area contributed by atoms with Crippen LogP contribution in [-0.4, -0.2) is 60.1 Å². The lowest BCUT2D eigenvalue weighted by Crippen LogP contribution is -2.50. The zero-order valence-electron chi connectivity index (χ0n) is 13.1. The molecular formula is C16H18FN3O3. The predicted octanol–water partition coefficient (Wildman–Crippen LogP) is 2.14. The van der Waals surface area contributed by atoms with Crippen molar-refractivity contribution in [3.05, 3.63) is 35.3 Å². The molecule has 1 aromatic carbocycles. The van der Waals surface area contributed by atoms with Crippen molar-refractivity contribution in [3.63, 3.8) is 0 Å². The molecule has 6 nitrogen and oxygen atoms in total. The Morgan fingerprint density at radius 2 is 1.78 bits per heavy atom. The van der Waals surface area contributed by atoms with Gasteiger partial charge in [0.25, 0.3) is 5.91 Å². The molecule has 2 amide bonds. The van der Waals surface area contributed by atoms with Gasteiger partial charge in [0.15, 0.2) is 0 Å². The summed E-state index contributed by atoms with van der Waals surface area (Å²) in [5, 5.41) is 0.836. The summed E-state index contributed by atoms with van der Waals surface area (Å²) in [5.74, 6) is -0.479. The smallest absolute Gasteiger partial charge is 0.409 e. The molecule has 23 heavy (non-hydrogen) atoms. The van der Waals surface area contributed by atoms with Crippen molar-refractivity contribution in [1.29, 1.82) is 0 Å². The molecule has 0 saturated carbocycles. The van der Waals surface area contributed by atoms with Gasteiger partial charge in [-0.3, -0.25) is 4.79 Å². The Kier molecular flexibility index (Phi) is 3.94. The third kappa shape index (κ3) is 2.86. The van der Waals surface area contributed by atoms with Gasteiger partial charge in [-0.25, -0.2) is 9.18 Å². The molecule has 1 aliphatic rings. The minimum absolute atomic E-state index is 0.148. The van der Waals surface area contributed by atoms with Crippen molar-refractivity contribution in [1.82, 2.24) is 14.8 Å². The first-order chi connectivity index (χ1) is 11.0. The first-order valence-electron chi connectivity index (χ1n) is 7.40. The largest absolute Gasteiger partial charge is 0.453 e. The highest BCUT2D eigenvalue weighted by molar-refractivity contribution is 5.99. The fourth-order valence-corrected chi connectivity index (χ4v) is 2.88. The van der Waals surface area contributed by atoms with Gasteiger partial charge in [0.05, 0.1) is 7.11 Å². The summed E-state index contributed by atoms with van der Waals surface area (Å²) >= 11 is 0. The molecule has 0 bridgehead atoms. The summed E-state index contributed by atoms with van der Waals surface area (Å²) in [6, 6.07) is 4.58. The molecule has 0 atom stereocenters. The lowest BCUT2D eigenvalue weighted by atomic mass is 10.1. The van der Waals surface area contributed by atoms with Crippen LogP contribution < -0.4 is 0 Å². The average Bonchev–Trinajstić information content (AvgIpc) is 2.98. The zero-order valence-corrected chi connectivity index (χ0v) is 13.1. The van der Waals surface area contributed by atoms with E-state index in [1.807, 2.05) is 6.92 Å². The first kappa shape index (κ1) is 15.3. The molecule has 1 saturated heterocycles. The molecule has 2 aromatic rings. The Hall–Kier alpha value is -2.57. The van der Waals surface area contributed by atoms with Crippen molar-refractivity contribution in [2.24, 2.45) is 0 Å². The number of halogens is 1. The maximum atomic E-state index is 13.5. The van der Waals surface area contributed by atoms with E-state index in [-0.39, 0.29) is 17.8 Å². The van der Waals surface area contributed by atoms with E-state index >= 15 is 0 Å². The molecule has 1 N–H and O–H groups in total. The predicted molar refractivity (Wildman–Crippen MR) is 82.9 cm³/mol. The van der Waals surface area contributed by atoms with Gasteiger partial charge in [-0.15, -0.1) is 0 Å². The Balaban J connectivity index is 1.77. The molecule has 2 heterocycles. The molecule has 3 rings (SSSR count). The molecule has 1 aromatic heterocycles. The molecule has 0 radical (unpaired) electrons. The Morgan fingerprint density at radius 3 is 2.43 bits per heavy atom. The van der Waals surface area contributed by atoms with Gasteiger partial charge in [0.2, 0.25) is 0 Å². The minimum atomic E-state index is -0.381. The molecule has 7 heteroatoms. The number of hydrogen-bond donors (Lipinski definition) is 1. The van der Waals surface area contributed by atoms with Crippen LogP contribution in [0.25, 0.3) is 10.9 Å².